The molecule has 0 aliphatic rings. The number of halogens is 1. The summed E-state index contributed by atoms with van der Waals surface area (Å²) in [5.74, 6) is 0. The lowest BCUT2D eigenvalue weighted by atomic mass is 10.1. The van der Waals surface area contributed by atoms with Gasteiger partial charge in [0.05, 0.1) is 4.92 Å². The summed E-state index contributed by atoms with van der Waals surface area (Å²) in [7, 11) is 2.00. The number of alkyl halides is 1. The first-order chi connectivity index (χ1) is 10.0. The second kappa shape index (κ2) is 6.72. The summed E-state index contributed by atoms with van der Waals surface area (Å²) in [5.41, 5.74) is 4.53. The van der Waals surface area contributed by atoms with Crippen LogP contribution < -0.4 is 4.90 Å². The van der Waals surface area contributed by atoms with Crippen LogP contribution in [0.4, 0.5) is 11.4 Å². The summed E-state index contributed by atoms with van der Waals surface area (Å²) < 4.78 is 0. The summed E-state index contributed by atoms with van der Waals surface area (Å²) in [6.45, 7) is 2.86. The van der Waals surface area contributed by atoms with Crippen LogP contribution in [0.25, 0.3) is 0 Å². The largest absolute Gasteiger partial charge is 0.370 e. The molecule has 0 radical (unpaired) electrons. The molecule has 0 saturated carbocycles. The van der Waals surface area contributed by atoms with E-state index in [1.807, 2.05) is 25.2 Å². The van der Waals surface area contributed by atoms with Crippen LogP contribution in [0.3, 0.4) is 0 Å². The molecule has 110 valence electrons. The van der Waals surface area contributed by atoms with Gasteiger partial charge in [-0.3, -0.25) is 10.1 Å². The zero-order valence-corrected chi connectivity index (χ0v) is 13.6. The lowest BCUT2D eigenvalue weighted by molar-refractivity contribution is -0.384. The van der Waals surface area contributed by atoms with Crippen molar-refractivity contribution in [2.24, 2.45) is 0 Å². The van der Waals surface area contributed by atoms with Crippen LogP contribution in [0.15, 0.2) is 42.5 Å². The molecule has 0 unspecified atom stereocenters. The fraction of sp³-hybridized carbons (Fsp3) is 0.250. The fourth-order valence-corrected chi connectivity index (χ4v) is 2.74. The summed E-state index contributed by atoms with van der Waals surface area (Å²) in [4.78, 5) is 12.6. The predicted molar refractivity (Wildman–Crippen MR) is 89.0 cm³/mol. The maximum absolute atomic E-state index is 10.9. The summed E-state index contributed by atoms with van der Waals surface area (Å²) >= 11 is 3.41. The van der Waals surface area contributed by atoms with Crippen molar-refractivity contribution in [1.29, 1.82) is 0 Å². The average molecular weight is 349 g/mol. The van der Waals surface area contributed by atoms with Gasteiger partial charge in [-0.05, 0) is 29.7 Å². The molecule has 2 aromatic rings. The Hall–Kier alpha value is -1.88. The van der Waals surface area contributed by atoms with E-state index in [9.17, 15) is 10.1 Å². The van der Waals surface area contributed by atoms with Crippen molar-refractivity contribution in [1.82, 2.24) is 0 Å². The standard InChI is InChI=1S/C16H17BrN2O2/c1-12-5-3-4-6-13(12)11-18(2)16-8-7-15(19(20)21)9-14(16)10-17/h3-9H,10-11H2,1-2H3. The normalized spacial score (nSPS) is 10.4. The second-order valence-corrected chi connectivity index (χ2v) is 5.55. The van der Waals surface area contributed by atoms with E-state index in [4.69, 9.17) is 0 Å². The molecular formula is C16H17BrN2O2. The summed E-state index contributed by atoms with van der Waals surface area (Å²) in [5, 5.41) is 11.4. The van der Waals surface area contributed by atoms with Gasteiger partial charge < -0.3 is 4.90 Å². The van der Waals surface area contributed by atoms with E-state index in [1.54, 1.807) is 12.1 Å². The molecule has 0 atom stereocenters. The number of nitro groups is 1. The average Bonchev–Trinajstić information content (AvgIpc) is 2.48. The monoisotopic (exact) mass is 348 g/mol. The predicted octanol–water partition coefficient (Wildman–Crippen LogP) is 4.43. The van der Waals surface area contributed by atoms with Gasteiger partial charge >= 0.3 is 0 Å². The molecule has 0 bridgehead atoms. The van der Waals surface area contributed by atoms with Crippen molar-refractivity contribution < 1.29 is 4.92 Å². The quantitative estimate of drug-likeness (QED) is 0.456. The zero-order chi connectivity index (χ0) is 15.4. The zero-order valence-electron chi connectivity index (χ0n) is 12.0. The van der Waals surface area contributed by atoms with E-state index >= 15 is 0 Å². The molecule has 21 heavy (non-hydrogen) atoms. The number of aryl methyl sites for hydroxylation is 1. The first kappa shape index (κ1) is 15.5. The lowest BCUT2D eigenvalue weighted by Crippen LogP contribution is -2.18. The number of non-ortho nitro benzene ring substituents is 1. The van der Waals surface area contributed by atoms with Crippen LogP contribution in [-0.4, -0.2) is 12.0 Å². The van der Waals surface area contributed by atoms with Crippen LogP contribution in [0.1, 0.15) is 16.7 Å². The smallest absolute Gasteiger partial charge is 0.269 e. The highest BCUT2D eigenvalue weighted by Gasteiger charge is 2.13. The molecule has 2 rings (SSSR count). The third kappa shape index (κ3) is 3.61. The number of hydrogen-bond acceptors (Lipinski definition) is 3. The fourth-order valence-electron chi connectivity index (χ4n) is 2.29. The van der Waals surface area contributed by atoms with Crippen LogP contribution in [0.2, 0.25) is 0 Å². The molecular weight excluding hydrogens is 332 g/mol. The molecule has 0 aliphatic carbocycles. The summed E-state index contributed by atoms with van der Waals surface area (Å²) in [6.07, 6.45) is 0. The molecule has 0 fully saturated rings. The Bertz CT molecular complexity index is 658. The molecule has 5 heteroatoms. The van der Waals surface area contributed by atoms with Gasteiger partial charge in [0.25, 0.3) is 5.69 Å². The van der Waals surface area contributed by atoms with Crippen LogP contribution in [0, 0.1) is 17.0 Å². The highest BCUT2D eigenvalue weighted by Crippen LogP contribution is 2.28. The topological polar surface area (TPSA) is 46.4 Å². The van der Waals surface area contributed by atoms with Gasteiger partial charge in [0.15, 0.2) is 0 Å². The number of benzene rings is 2. The first-order valence-corrected chi connectivity index (χ1v) is 7.74. The third-order valence-corrected chi connectivity index (χ3v) is 4.10. The maximum Gasteiger partial charge on any atom is 0.269 e. The molecule has 0 aliphatic heterocycles. The number of rotatable bonds is 5. The van der Waals surface area contributed by atoms with E-state index in [2.05, 4.69) is 39.9 Å². The van der Waals surface area contributed by atoms with E-state index < -0.39 is 0 Å². The van der Waals surface area contributed by atoms with Crippen molar-refractivity contribution >= 4 is 27.3 Å². The van der Waals surface area contributed by atoms with Crippen LogP contribution in [0.5, 0.6) is 0 Å². The van der Waals surface area contributed by atoms with Gasteiger partial charge in [-0.25, -0.2) is 0 Å². The minimum atomic E-state index is -0.364. The molecule has 0 saturated heterocycles. The van der Waals surface area contributed by atoms with Gasteiger partial charge in [-0.1, -0.05) is 40.2 Å². The van der Waals surface area contributed by atoms with Crippen LogP contribution in [-0.2, 0) is 11.9 Å². The van der Waals surface area contributed by atoms with E-state index in [0.717, 1.165) is 17.8 Å². The second-order valence-electron chi connectivity index (χ2n) is 4.99. The number of anilines is 1. The minimum Gasteiger partial charge on any atom is -0.370 e. The van der Waals surface area contributed by atoms with Gasteiger partial charge in [-0.15, -0.1) is 0 Å². The van der Waals surface area contributed by atoms with Crippen molar-refractivity contribution in [2.45, 2.75) is 18.8 Å². The Morgan fingerprint density at radius 3 is 2.52 bits per heavy atom. The van der Waals surface area contributed by atoms with Crippen molar-refractivity contribution in [3.05, 3.63) is 69.3 Å². The van der Waals surface area contributed by atoms with Gasteiger partial charge in [-0.2, -0.15) is 0 Å². The van der Waals surface area contributed by atoms with E-state index in [1.165, 1.54) is 11.1 Å². The molecule has 0 amide bonds. The number of nitrogens with zero attached hydrogens (tertiary/aromatic N) is 2. The Labute approximate surface area is 132 Å². The number of nitro benzene ring substituents is 1. The Morgan fingerprint density at radius 1 is 1.19 bits per heavy atom. The highest BCUT2D eigenvalue weighted by atomic mass is 79.9. The van der Waals surface area contributed by atoms with Crippen LogP contribution >= 0.6 is 15.9 Å². The molecule has 0 N–H and O–H groups in total. The number of hydrogen-bond donors (Lipinski definition) is 0. The molecule has 4 nitrogen and oxygen atoms in total. The summed E-state index contributed by atoms with van der Waals surface area (Å²) in [6, 6.07) is 13.2. The molecule has 0 spiro atoms. The third-order valence-electron chi connectivity index (χ3n) is 3.50. The van der Waals surface area contributed by atoms with E-state index in [-0.39, 0.29) is 10.6 Å². The maximum atomic E-state index is 10.9. The van der Waals surface area contributed by atoms with Gasteiger partial charge in [0.1, 0.15) is 0 Å². The van der Waals surface area contributed by atoms with Gasteiger partial charge in [0, 0.05) is 36.7 Å². The molecule has 2 aromatic carbocycles. The van der Waals surface area contributed by atoms with E-state index in [0.29, 0.717) is 5.33 Å². The van der Waals surface area contributed by atoms with Crippen molar-refractivity contribution in [2.75, 3.05) is 11.9 Å². The minimum absolute atomic E-state index is 0.123. The molecule has 0 aromatic heterocycles. The highest BCUT2D eigenvalue weighted by molar-refractivity contribution is 9.08. The van der Waals surface area contributed by atoms with Crippen molar-refractivity contribution in [3.8, 4) is 0 Å². The van der Waals surface area contributed by atoms with Gasteiger partial charge in [0.2, 0.25) is 0 Å². The van der Waals surface area contributed by atoms with Crippen molar-refractivity contribution in [3.63, 3.8) is 0 Å². The Morgan fingerprint density at radius 2 is 1.90 bits per heavy atom. The Kier molecular flexibility index (Phi) is 4.96. The first-order valence-electron chi connectivity index (χ1n) is 6.62. The molecule has 0 heterocycles. The SMILES string of the molecule is Cc1ccccc1CN(C)c1ccc([N+](=O)[O-])cc1CBr. The Balaban J connectivity index is 2.29. The lowest BCUT2D eigenvalue weighted by Gasteiger charge is -2.23.